The second-order valence-corrected chi connectivity index (χ2v) is 8.05. The Balaban J connectivity index is 1.65. The van der Waals surface area contributed by atoms with E-state index < -0.39 is 5.97 Å². The van der Waals surface area contributed by atoms with Crippen LogP contribution in [-0.4, -0.2) is 34.8 Å². The molecule has 1 fully saturated rings. The number of thiocarbonyl (C=S) groups is 1. The smallest absolute Gasteiger partial charge is 0.343 e. The van der Waals surface area contributed by atoms with E-state index in [1.807, 2.05) is 0 Å². The first kappa shape index (κ1) is 21.1. The van der Waals surface area contributed by atoms with Crippen LogP contribution in [0.15, 0.2) is 53.4 Å². The molecule has 1 heterocycles. The number of nitrogens with zero attached hydrogens (tertiary/aromatic N) is 1. The van der Waals surface area contributed by atoms with Crippen LogP contribution in [0.4, 0.5) is 0 Å². The number of hydrogen-bond donors (Lipinski definition) is 0. The molecule has 0 spiro atoms. The van der Waals surface area contributed by atoms with E-state index in [1.165, 1.54) is 11.8 Å². The quantitative estimate of drug-likeness (QED) is 0.271. The summed E-state index contributed by atoms with van der Waals surface area (Å²) in [5, 5.41) is 0. The Labute approximate surface area is 179 Å². The highest BCUT2D eigenvalue weighted by Gasteiger charge is 2.31. The molecular formula is C22H21NO4S2. The van der Waals surface area contributed by atoms with Crippen molar-refractivity contribution in [2.24, 2.45) is 0 Å². The minimum Gasteiger partial charge on any atom is -0.497 e. The lowest BCUT2D eigenvalue weighted by atomic mass is 10.2. The fraction of sp³-hybridized carbons (Fsp3) is 0.227. The third-order valence-electron chi connectivity index (χ3n) is 4.32. The molecular weight excluding hydrogens is 406 g/mol. The zero-order valence-corrected chi connectivity index (χ0v) is 17.8. The molecule has 2 aromatic rings. The van der Waals surface area contributed by atoms with Gasteiger partial charge in [0, 0.05) is 6.54 Å². The molecule has 1 aliphatic rings. The lowest BCUT2D eigenvalue weighted by molar-refractivity contribution is -0.122. The van der Waals surface area contributed by atoms with E-state index in [2.05, 4.69) is 6.92 Å². The molecule has 0 unspecified atom stereocenters. The van der Waals surface area contributed by atoms with E-state index in [-0.39, 0.29) is 5.91 Å². The van der Waals surface area contributed by atoms with Crippen LogP contribution in [0.1, 0.15) is 35.7 Å². The highest BCUT2D eigenvalue weighted by atomic mass is 32.2. The van der Waals surface area contributed by atoms with Gasteiger partial charge in [0.05, 0.1) is 17.6 Å². The molecule has 0 atom stereocenters. The Morgan fingerprint density at radius 2 is 1.76 bits per heavy atom. The van der Waals surface area contributed by atoms with Gasteiger partial charge >= 0.3 is 5.97 Å². The normalized spacial score (nSPS) is 15.1. The van der Waals surface area contributed by atoms with Gasteiger partial charge in [-0.2, -0.15) is 0 Å². The number of methoxy groups -OCH3 is 1. The highest BCUT2D eigenvalue weighted by molar-refractivity contribution is 8.26. The SMILES string of the molecule is CCCCN1C(=O)C(=Cc2ccc(OC(=O)c3ccc(OC)cc3)cc2)SC1=S. The maximum Gasteiger partial charge on any atom is 0.343 e. The van der Waals surface area contributed by atoms with Crippen molar-refractivity contribution in [2.75, 3.05) is 13.7 Å². The average Bonchev–Trinajstić information content (AvgIpc) is 3.00. The van der Waals surface area contributed by atoms with Gasteiger partial charge in [-0.25, -0.2) is 4.79 Å². The van der Waals surface area contributed by atoms with Crippen molar-refractivity contribution in [3.05, 3.63) is 64.6 Å². The predicted molar refractivity (Wildman–Crippen MR) is 119 cm³/mol. The summed E-state index contributed by atoms with van der Waals surface area (Å²) in [6, 6.07) is 13.7. The molecule has 0 aromatic heterocycles. The van der Waals surface area contributed by atoms with Crippen LogP contribution in [0.5, 0.6) is 11.5 Å². The number of rotatable bonds is 7. The Kier molecular flexibility index (Phi) is 7.06. The molecule has 0 N–H and O–H groups in total. The molecule has 0 aliphatic carbocycles. The van der Waals surface area contributed by atoms with Gasteiger partial charge < -0.3 is 9.47 Å². The maximum atomic E-state index is 12.5. The van der Waals surface area contributed by atoms with Crippen LogP contribution in [-0.2, 0) is 4.79 Å². The summed E-state index contributed by atoms with van der Waals surface area (Å²) in [4.78, 5) is 27.0. The second kappa shape index (κ2) is 9.71. The van der Waals surface area contributed by atoms with Crippen LogP contribution < -0.4 is 9.47 Å². The van der Waals surface area contributed by atoms with Crippen LogP contribution in [0.2, 0.25) is 0 Å². The van der Waals surface area contributed by atoms with Crippen molar-refractivity contribution in [3.8, 4) is 11.5 Å². The van der Waals surface area contributed by atoms with Crippen molar-refractivity contribution in [1.82, 2.24) is 4.90 Å². The number of hydrogen-bond acceptors (Lipinski definition) is 6. The van der Waals surface area contributed by atoms with Gasteiger partial charge in [0.15, 0.2) is 0 Å². The zero-order chi connectivity index (χ0) is 20.8. The Morgan fingerprint density at radius 3 is 2.38 bits per heavy atom. The minimum absolute atomic E-state index is 0.0524. The highest BCUT2D eigenvalue weighted by Crippen LogP contribution is 2.33. The minimum atomic E-state index is -0.447. The van der Waals surface area contributed by atoms with Crippen LogP contribution in [0.25, 0.3) is 6.08 Å². The van der Waals surface area contributed by atoms with Gasteiger partial charge in [0.2, 0.25) is 0 Å². The summed E-state index contributed by atoms with van der Waals surface area (Å²) in [7, 11) is 1.57. The van der Waals surface area contributed by atoms with E-state index in [0.717, 1.165) is 18.4 Å². The Hall–Kier alpha value is -2.64. The van der Waals surface area contributed by atoms with Gasteiger partial charge in [0.25, 0.3) is 5.91 Å². The maximum absolute atomic E-state index is 12.5. The fourth-order valence-electron chi connectivity index (χ4n) is 2.69. The van der Waals surface area contributed by atoms with Gasteiger partial charge in [-0.15, -0.1) is 0 Å². The molecule has 29 heavy (non-hydrogen) atoms. The number of unbranched alkanes of at least 4 members (excludes halogenated alkanes) is 1. The topological polar surface area (TPSA) is 55.8 Å². The van der Waals surface area contributed by atoms with Gasteiger partial charge in [-0.3, -0.25) is 9.69 Å². The van der Waals surface area contributed by atoms with Crippen molar-refractivity contribution in [2.45, 2.75) is 19.8 Å². The van der Waals surface area contributed by atoms with E-state index >= 15 is 0 Å². The fourth-order valence-corrected chi connectivity index (χ4v) is 3.99. The van der Waals surface area contributed by atoms with Crippen LogP contribution in [0, 0.1) is 0 Å². The van der Waals surface area contributed by atoms with E-state index in [1.54, 1.807) is 66.6 Å². The molecule has 3 rings (SSSR count). The Bertz CT molecular complexity index is 936. The van der Waals surface area contributed by atoms with Gasteiger partial charge in [-0.1, -0.05) is 49.5 Å². The van der Waals surface area contributed by atoms with Crippen molar-refractivity contribution in [3.63, 3.8) is 0 Å². The van der Waals surface area contributed by atoms with E-state index in [9.17, 15) is 9.59 Å². The molecule has 1 saturated heterocycles. The molecule has 5 nitrogen and oxygen atoms in total. The zero-order valence-electron chi connectivity index (χ0n) is 16.2. The molecule has 2 aromatic carbocycles. The summed E-state index contributed by atoms with van der Waals surface area (Å²) >= 11 is 6.63. The lowest BCUT2D eigenvalue weighted by Crippen LogP contribution is -2.28. The first-order valence-corrected chi connectivity index (χ1v) is 10.5. The third kappa shape index (κ3) is 5.25. The van der Waals surface area contributed by atoms with E-state index in [0.29, 0.717) is 32.8 Å². The molecule has 1 amide bonds. The van der Waals surface area contributed by atoms with Crippen molar-refractivity contribution in [1.29, 1.82) is 0 Å². The number of thioether (sulfide) groups is 1. The number of carbonyl (C=O) groups is 2. The van der Waals surface area contributed by atoms with E-state index in [4.69, 9.17) is 21.7 Å². The second-order valence-electron chi connectivity index (χ2n) is 6.37. The van der Waals surface area contributed by atoms with Crippen molar-refractivity contribution < 1.29 is 19.1 Å². The third-order valence-corrected chi connectivity index (χ3v) is 5.70. The average molecular weight is 428 g/mol. The first-order chi connectivity index (χ1) is 14.0. The number of esters is 1. The van der Waals surface area contributed by atoms with Gasteiger partial charge in [-0.05, 0) is 54.5 Å². The standard InChI is InChI=1S/C22H21NO4S2/c1-3-4-13-23-20(24)19(29-22(23)28)14-15-5-9-18(10-6-15)27-21(25)16-7-11-17(26-2)12-8-16/h5-12,14H,3-4,13H2,1-2H3. The summed E-state index contributed by atoms with van der Waals surface area (Å²) in [6.07, 6.45) is 3.74. The van der Waals surface area contributed by atoms with Gasteiger partial charge in [0.1, 0.15) is 15.8 Å². The first-order valence-electron chi connectivity index (χ1n) is 9.23. The largest absolute Gasteiger partial charge is 0.497 e. The summed E-state index contributed by atoms with van der Waals surface area (Å²) in [6.45, 7) is 2.73. The van der Waals surface area contributed by atoms with Crippen LogP contribution in [0.3, 0.4) is 0 Å². The number of amides is 1. The number of benzene rings is 2. The summed E-state index contributed by atoms with van der Waals surface area (Å²) in [5.74, 6) is 0.602. The predicted octanol–water partition coefficient (Wildman–Crippen LogP) is 4.92. The molecule has 0 bridgehead atoms. The summed E-state index contributed by atoms with van der Waals surface area (Å²) in [5.41, 5.74) is 1.27. The van der Waals surface area contributed by atoms with Crippen molar-refractivity contribution >= 4 is 46.3 Å². The molecule has 0 saturated carbocycles. The Morgan fingerprint density at radius 1 is 1.10 bits per heavy atom. The molecule has 0 radical (unpaired) electrons. The van der Waals surface area contributed by atoms with Crippen LogP contribution >= 0.6 is 24.0 Å². The molecule has 1 aliphatic heterocycles. The molecule has 150 valence electrons. The number of ether oxygens (including phenoxy) is 2. The summed E-state index contributed by atoms with van der Waals surface area (Å²) < 4.78 is 11.1. The monoisotopic (exact) mass is 427 g/mol. The number of carbonyl (C=O) groups excluding carboxylic acids is 2. The lowest BCUT2D eigenvalue weighted by Gasteiger charge is -2.13. The molecule has 7 heteroatoms.